The molecule has 2 aromatic carbocycles. The summed E-state index contributed by atoms with van der Waals surface area (Å²) in [6, 6.07) is 10.2. The molecular weight excluding hydrogens is 316 g/mol. The van der Waals surface area contributed by atoms with E-state index in [0.29, 0.717) is 26.2 Å². The Morgan fingerprint density at radius 1 is 1.32 bits per heavy atom. The van der Waals surface area contributed by atoms with E-state index in [0.717, 1.165) is 23.9 Å². The number of ether oxygens (including phenoxy) is 1. The molecular formula is C20H24N2O3. The molecule has 0 saturated carbocycles. The van der Waals surface area contributed by atoms with Crippen molar-refractivity contribution in [1.29, 1.82) is 0 Å². The van der Waals surface area contributed by atoms with Crippen molar-refractivity contribution in [3.05, 3.63) is 41.5 Å². The summed E-state index contributed by atoms with van der Waals surface area (Å²) in [4.78, 5) is 14.7. The molecule has 0 bridgehead atoms. The number of hydrogen-bond acceptors (Lipinski definition) is 3. The Hall–Kier alpha value is -2.11. The lowest BCUT2D eigenvalue weighted by molar-refractivity contribution is -0.00159. The van der Waals surface area contributed by atoms with Gasteiger partial charge in [0.25, 0.3) is 0 Å². The van der Waals surface area contributed by atoms with E-state index in [1.165, 1.54) is 16.5 Å². The van der Waals surface area contributed by atoms with E-state index in [4.69, 9.17) is 4.74 Å². The summed E-state index contributed by atoms with van der Waals surface area (Å²) >= 11 is 0. The molecule has 0 spiro atoms. The Kier molecular flexibility index (Phi) is 4.36. The highest BCUT2D eigenvalue weighted by Gasteiger charge is 2.29. The summed E-state index contributed by atoms with van der Waals surface area (Å²) in [6.07, 6.45) is 2.21. The number of aliphatic hydroxyl groups excluding tert-OH is 1. The second-order valence-electron chi connectivity index (χ2n) is 7.05. The summed E-state index contributed by atoms with van der Waals surface area (Å²) in [7, 11) is 0. The van der Waals surface area contributed by atoms with Crippen LogP contribution in [0.15, 0.2) is 30.3 Å². The van der Waals surface area contributed by atoms with E-state index in [2.05, 4.69) is 29.6 Å². The fraction of sp³-hybridized carbons (Fsp3) is 0.450. The number of carbonyl (C=O) groups is 1. The van der Waals surface area contributed by atoms with Gasteiger partial charge in [-0.25, -0.2) is 4.79 Å². The van der Waals surface area contributed by atoms with Crippen LogP contribution in [0.5, 0.6) is 0 Å². The number of aryl methyl sites for hydroxylation is 2. The van der Waals surface area contributed by atoms with Crippen molar-refractivity contribution in [2.45, 2.75) is 38.3 Å². The minimum Gasteiger partial charge on any atom is -0.393 e. The maximum absolute atomic E-state index is 12.9. The van der Waals surface area contributed by atoms with Crippen molar-refractivity contribution in [2.24, 2.45) is 0 Å². The van der Waals surface area contributed by atoms with Crippen molar-refractivity contribution in [1.82, 2.24) is 4.90 Å². The van der Waals surface area contributed by atoms with Crippen LogP contribution in [0.4, 0.5) is 10.5 Å². The lowest BCUT2D eigenvalue weighted by Crippen LogP contribution is -2.51. The Morgan fingerprint density at radius 2 is 2.12 bits per heavy atom. The highest BCUT2D eigenvalue weighted by molar-refractivity contribution is 6.04. The fourth-order valence-electron chi connectivity index (χ4n) is 4.05. The topological polar surface area (TPSA) is 61.8 Å². The van der Waals surface area contributed by atoms with Gasteiger partial charge in [-0.1, -0.05) is 24.3 Å². The van der Waals surface area contributed by atoms with E-state index in [-0.39, 0.29) is 12.1 Å². The molecule has 0 radical (unpaired) electrons. The normalized spacial score (nSPS) is 20.7. The van der Waals surface area contributed by atoms with Crippen molar-refractivity contribution >= 4 is 22.5 Å². The Balaban J connectivity index is 1.60. The minimum absolute atomic E-state index is 0.0921. The van der Waals surface area contributed by atoms with Crippen LogP contribution < -0.4 is 5.32 Å². The summed E-state index contributed by atoms with van der Waals surface area (Å²) in [5, 5.41) is 15.2. The number of nitrogens with one attached hydrogen (secondary N) is 1. The van der Waals surface area contributed by atoms with Crippen LogP contribution in [-0.2, 0) is 17.6 Å². The molecule has 2 atom stereocenters. The van der Waals surface area contributed by atoms with Gasteiger partial charge in [0.2, 0.25) is 0 Å². The monoisotopic (exact) mass is 340 g/mol. The zero-order valence-electron chi connectivity index (χ0n) is 14.5. The van der Waals surface area contributed by atoms with Crippen molar-refractivity contribution in [3.8, 4) is 0 Å². The van der Waals surface area contributed by atoms with Gasteiger partial charge >= 0.3 is 6.03 Å². The van der Waals surface area contributed by atoms with E-state index < -0.39 is 6.10 Å². The predicted molar refractivity (Wildman–Crippen MR) is 98.0 cm³/mol. The van der Waals surface area contributed by atoms with Gasteiger partial charge in [-0.2, -0.15) is 0 Å². The molecule has 1 saturated heterocycles. The first-order valence-electron chi connectivity index (χ1n) is 9.00. The first kappa shape index (κ1) is 16.4. The summed E-state index contributed by atoms with van der Waals surface area (Å²) in [6.45, 7) is 3.30. The average molecular weight is 340 g/mol. The Morgan fingerprint density at radius 3 is 2.92 bits per heavy atom. The van der Waals surface area contributed by atoms with Gasteiger partial charge in [-0.3, -0.25) is 0 Å². The smallest absolute Gasteiger partial charge is 0.322 e. The van der Waals surface area contributed by atoms with Crippen LogP contribution in [0.1, 0.15) is 24.5 Å². The van der Waals surface area contributed by atoms with Gasteiger partial charge in [-0.15, -0.1) is 0 Å². The molecule has 25 heavy (non-hydrogen) atoms. The minimum atomic E-state index is -0.459. The van der Waals surface area contributed by atoms with Crippen LogP contribution in [0.25, 0.3) is 10.8 Å². The predicted octanol–water partition coefficient (Wildman–Crippen LogP) is 2.94. The number of morpholine rings is 1. The number of aliphatic hydroxyl groups is 1. The SMILES string of the molecule is C[C@@H](O)C[C@H]1COCCN1C(=O)Nc1ccc2c3c(cccc13)CC2. The number of benzene rings is 2. The molecule has 1 aliphatic heterocycles. The van der Waals surface area contributed by atoms with Gasteiger partial charge in [0, 0.05) is 11.9 Å². The molecule has 0 aromatic heterocycles. The largest absolute Gasteiger partial charge is 0.393 e. The van der Waals surface area contributed by atoms with E-state index in [1.807, 2.05) is 6.07 Å². The number of urea groups is 1. The van der Waals surface area contributed by atoms with Gasteiger partial charge in [0.1, 0.15) is 0 Å². The molecule has 1 aliphatic carbocycles. The quantitative estimate of drug-likeness (QED) is 0.903. The number of carbonyl (C=O) groups excluding carboxylic acids is 1. The van der Waals surface area contributed by atoms with Crippen molar-refractivity contribution in [3.63, 3.8) is 0 Å². The van der Waals surface area contributed by atoms with E-state index >= 15 is 0 Å². The van der Waals surface area contributed by atoms with Crippen LogP contribution in [0.3, 0.4) is 0 Å². The summed E-state index contributed by atoms with van der Waals surface area (Å²) in [5.74, 6) is 0. The molecule has 2 aromatic rings. The van der Waals surface area contributed by atoms with Crippen LogP contribution in [-0.4, -0.2) is 47.9 Å². The Bertz CT molecular complexity index is 793. The second-order valence-corrected chi connectivity index (χ2v) is 7.05. The molecule has 5 nitrogen and oxygen atoms in total. The van der Waals surface area contributed by atoms with E-state index in [1.54, 1.807) is 11.8 Å². The number of nitrogens with zero attached hydrogens (tertiary/aromatic N) is 1. The zero-order chi connectivity index (χ0) is 17.4. The maximum atomic E-state index is 12.9. The standard InChI is InChI=1S/C20H24N2O3/c1-13(23)11-16-12-25-10-9-22(16)20(24)21-18-8-7-15-6-5-14-3-2-4-17(18)19(14)15/h2-4,7-8,13,16,23H,5-6,9-12H2,1H3,(H,21,24)/t13-,16+/m1/s1. The molecule has 2 aliphatic rings. The summed E-state index contributed by atoms with van der Waals surface area (Å²) in [5.41, 5.74) is 3.58. The van der Waals surface area contributed by atoms with Gasteiger partial charge in [0.05, 0.1) is 31.0 Å². The summed E-state index contributed by atoms with van der Waals surface area (Å²) < 4.78 is 5.49. The highest BCUT2D eigenvalue weighted by Crippen LogP contribution is 2.35. The lowest BCUT2D eigenvalue weighted by Gasteiger charge is -2.36. The molecule has 0 unspecified atom stereocenters. The third-order valence-corrected chi connectivity index (χ3v) is 5.22. The number of rotatable bonds is 3. The van der Waals surface area contributed by atoms with Gasteiger partial charge in [-0.05, 0) is 48.8 Å². The molecule has 5 heteroatoms. The molecule has 1 fully saturated rings. The number of hydrogen-bond donors (Lipinski definition) is 2. The number of anilines is 1. The highest BCUT2D eigenvalue weighted by atomic mass is 16.5. The average Bonchev–Trinajstić information content (AvgIpc) is 3.02. The fourth-order valence-corrected chi connectivity index (χ4v) is 4.05. The lowest BCUT2D eigenvalue weighted by atomic mass is 10.0. The molecule has 1 heterocycles. The first-order valence-corrected chi connectivity index (χ1v) is 9.00. The third kappa shape index (κ3) is 3.10. The van der Waals surface area contributed by atoms with Crippen LogP contribution >= 0.6 is 0 Å². The number of amides is 2. The maximum Gasteiger partial charge on any atom is 0.322 e. The molecule has 4 rings (SSSR count). The first-order chi connectivity index (χ1) is 12.1. The molecule has 2 N–H and O–H groups in total. The van der Waals surface area contributed by atoms with Crippen molar-refractivity contribution in [2.75, 3.05) is 25.1 Å². The van der Waals surface area contributed by atoms with Crippen LogP contribution in [0.2, 0.25) is 0 Å². The second kappa shape index (κ2) is 6.65. The zero-order valence-corrected chi connectivity index (χ0v) is 14.5. The van der Waals surface area contributed by atoms with E-state index in [9.17, 15) is 9.90 Å². The Labute approximate surface area is 147 Å². The van der Waals surface area contributed by atoms with Gasteiger partial charge < -0.3 is 20.1 Å². The molecule has 132 valence electrons. The molecule has 2 amide bonds. The van der Waals surface area contributed by atoms with Crippen LogP contribution in [0, 0.1) is 0 Å². The van der Waals surface area contributed by atoms with Crippen molar-refractivity contribution < 1.29 is 14.6 Å². The third-order valence-electron chi connectivity index (χ3n) is 5.22. The van der Waals surface area contributed by atoms with Gasteiger partial charge in [0.15, 0.2) is 0 Å².